The fraction of sp³-hybridized carbons (Fsp3) is 0.143. The van der Waals surface area contributed by atoms with E-state index in [1.54, 1.807) is 12.1 Å². The highest BCUT2D eigenvalue weighted by Crippen LogP contribution is 2.24. The summed E-state index contributed by atoms with van der Waals surface area (Å²) in [5.41, 5.74) is 7.12. The number of nitrogens with one attached hydrogen (secondary N) is 1. The molecule has 0 radical (unpaired) electrons. The molecule has 0 aliphatic carbocycles. The van der Waals surface area contributed by atoms with Gasteiger partial charge < -0.3 is 11.1 Å². The molecule has 3 N–H and O–H groups in total. The lowest BCUT2D eigenvalue weighted by Crippen LogP contribution is -2.23. The van der Waals surface area contributed by atoms with Gasteiger partial charge in [0, 0.05) is 23.1 Å². The van der Waals surface area contributed by atoms with Crippen molar-refractivity contribution in [3.63, 3.8) is 0 Å². The zero-order chi connectivity index (χ0) is 15.6. The number of primary amides is 1. The molecule has 108 valence electrons. The van der Waals surface area contributed by atoms with E-state index < -0.39 is 11.8 Å². The number of carbonyl (C=O) groups is 2. The molecule has 1 aromatic carbocycles. The molecule has 2 rings (SSSR count). The van der Waals surface area contributed by atoms with Gasteiger partial charge in [-0.25, -0.2) is 9.97 Å². The Hall–Kier alpha value is -2.47. The summed E-state index contributed by atoms with van der Waals surface area (Å²) in [6.45, 7) is 3.67. The van der Waals surface area contributed by atoms with Crippen molar-refractivity contribution in [3.8, 4) is 0 Å². The summed E-state index contributed by atoms with van der Waals surface area (Å²) in [6, 6.07) is 3.46. The Balaban J connectivity index is 2.33. The van der Waals surface area contributed by atoms with Crippen LogP contribution in [0.25, 0.3) is 0 Å². The van der Waals surface area contributed by atoms with Gasteiger partial charge in [0.05, 0.1) is 0 Å². The maximum absolute atomic E-state index is 12.2. The number of rotatable bonds is 3. The highest BCUT2D eigenvalue weighted by molar-refractivity contribution is 6.32. The van der Waals surface area contributed by atoms with E-state index in [1.165, 1.54) is 12.4 Å². The highest BCUT2D eigenvalue weighted by Gasteiger charge is 2.18. The number of hydrogen-bond donors (Lipinski definition) is 2. The topological polar surface area (TPSA) is 98.0 Å². The Morgan fingerprint density at radius 3 is 2.14 bits per heavy atom. The summed E-state index contributed by atoms with van der Waals surface area (Å²) in [4.78, 5) is 31.1. The van der Waals surface area contributed by atoms with Crippen LogP contribution in [0.5, 0.6) is 0 Å². The second-order valence-corrected chi connectivity index (χ2v) is 4.87. The lowest BCUT2D eigenvalue weighted by Gasteiger charge is -2.10. The molecule has 1 heterocycles. The van der Waals surface area contributed by atoms with Gasteiger partial charge in [-0.05, 0) is 37.1 Å². The van der Waals surface area contributed by atoms with Crippen molar-refractivity contribution in [1.82, 2.24) is 9.97 Å². The number of aryl methyl sites for hydroxylation is 2. The van der Waals surface area contributed by atoms with Gasteiger partial charge in [-0.15, -0.1) is 0 Å². The van der Waals surface area contributed by atoms with Crippen LogP contribution in [-0.2, 0) is 0 Å². The third-order valence-corrected chi connectivity index (χ3v) is 3.44. The van der Waals surface area contributed by atoms with E-state index in [2.05, 4.69) is 15.3 Å². The third kappa shape index (κ3) is 3.17. The number of halogens is 1. The molecule has 0 saturated heterocycles. The summed E-state index contributed by atoms with van der Waals surface area (Å²) in [7, 11) is 0. The summed E-state index contributed by atoms with van der Waals surface area (Å²) >= 11 is 6.07. The van der Waals surface area contributed by atoms with Gasteiger partial charge in [-0.2, -0.15) is 0 Å². The van der Waals surface area contributed by atoms with Crippen LogP contribution in [0.4, 0.5) is 5.69 Å². The second-order valence-electron chi connectivity index (χ2n) is 4.50. The van der Waals surface area contributed by atoms with Crippen molar-refractivity contribution in [2.24, 2.45) is 5.73 Å². The maximum atomic E-state index is 12.2. The quantitative estimate of drug-likeness (QED) is 0.907. The van der Waals surface area contributed by atoms with Gasteiger partial charge in [0.15, 0.2) is 11.4 Å². The molecule has 7 heteroatoms. The van der Waals surface area contributed by atoms with Crippen molar-refractivity contribution in [1.29, 1.82) is 0 Å². The fourth-order valence-electron chi connectivity index (χ4n) is 1.89. The number of anilines is 1. The molecule has 0 atom stereocenters. The van der Waals surface area contributed by atoms with Crippen LogP contribution in [0.1, 0.15) is 32.1 Å². The molecule has 0 saturated carbocycles. The Morgan fingerprint density at radius 1 is 1.10 bits per heavy atom. The van der Waals surface area contributed by atoms with E-state index in [1.807, 2.05) is 13.8 Å². The van der Waals surface area contributed by atoms with E-state index in [9.17, 15) is 9.59 Å². The van der Waals surface area contributed by atoms with Crippen LogP contribution in [0.2, 0.25) is 5.02 Å². The molecule has 2 aromatic rings. The van der Waals surface area contributed by atoms with Gasteiger partial charge in [0.2, 0.25) is 0 Å². The summed E-state index contributed by atoms with van der Waals surface area (Å²) in [5, 5.41) is 3.30. The first kappa shape index (κ1) is 14.9. The molecule has 2 amide bonds. The first-order valence-electron chi connectivity index (χ1n) is 6.09. The smallest absolute Gasteiger partial charge is 0.276 e. The van der Waals surface area contributed by atoms with Crippen LogP contribution < -0.4 is 11.1 Å². The Bertz CT molecular complexity index is 708. The minimum absolute atomic E-state index is 0.116. The van der Waals surface area contributed by atoms with Crippen molar-refractivity contribution < 1.29 is 9.59 Å². The molecule has 0 spiro atoms. The largest absolute Gasteiger partial charge is 0.364 e. The van der Waals surface area contributed by atoms with E-state index >= 15 is 0 Å². The van der Waals surface area contributed by atoms with E-state index in [4.69, 9.17) is 17.3 Å². The van der Waals surface area contributed by atoms with Crippen molar-refractivity contribution in [2.45, 2.75) is 13.8 Å². The Labute approximate surface area is 126 Å². The lowest BCUT2D eigenvalue weighted by atomic mass is 10.1. The maximum Gasteiger partial charge on any atom is 0.276 e. The molecule has 0 bridgehead atoms. The predicted molar refractivity (Wildman–Crippen MR) is 79.4 cm³/mol. The van der Waals surface area contributed by atoms with E-state index in [-0.39, 0.29) is 11.4 Å². The number of nitrogens with two attached hydrogens (primary N) is 1. The molecule has 0 unspecified atom stereocenters. The van der Waals surface area contributed by atoms with Crippen LogP contribution in [0.15, 0.2) is 24.5 Å². The second kappa shape index (κ2) is 5.88. The first-order valence-corrected chi connectivity index (χ1v) is 6.47. The molecule has 0 fully saturated rings. The van der Waals surface area contributed by atoms with Gasteiger partial charge in [0.1, 0.15) is 0 Å². The van der Waals surface area contributed by atoms with Gasteiger partial charge in [-0.1, -0.05) is 11.6 Å². The van der Waals surface area contributed by atoms with Gasteiger partial charge >= 0.3 is 0 Å². The molecule has 21 heavy (non-hydrogen) atoms. The van der Waals surface area contributed by atoms with E-state index in [0.717, 1.165) is 11.1 Å². The minimum Gasteiger partial charge on any atom is -0.364 e. The van der Waals surface area contributed by atoms with Crippen LogP contribution in [-0.4, -0.2) is 21.8 Å². The average molecular weight is 305 g/mol. The number of amides is 2. The van der Waals surface area contributed by atoms with Crippen LogP contribution in [0.3, 0.4) is 0 Å². The van der Waals surface area contributed by atoms with E-state index in [0.29, 0.717) is 10.7 Å². The standard InChI is InChI=1S/C14H13ClN4O2/c1-7-5-9(6-8(2)10(7)15)19-14(21)12-11(13(16)20)17-3-4-18-12/h3-6H,1-2H3,(H2,16,20)(H,19,21). The average Bonchev–Trinajstić information content (AvgIpc) is 2.44. The SMILES string of the molecule is Cc1cc(NC(=O)c2nccnc2C(N)=O)cc(C)c1Cl. The molecule has 0 aliphatic heterocycles. The summed E-state index contributed by atoms with van der Waals surface area (Å²) < 4.78 is 0. The monoisotopic (exact) mass is 304 g/mol. The van der Waals surface area contributed by atoms with Crippen LogP contribution >= 0.6 is 11.6 Å². The van der Waals surface area contributed by atoms with Gasteiger partial charge in [0.25, 0.3) is 11.8 Å². The Kier molecular flexibility index (Phi) is 4.18. The Morgan fingerprint density at radius 2 is 1.62 bits per heavy atom. The lowest BCUT2D eigenvalue weighted by molar-refractivity contribution is 0.0969. The molecule has 1 aromatic heterocycles. The first-order chi connectivity index (χ1) is 9.90. The predicted octanol–water partition coefficient (Wildman–Crippen LogP) is 2.10. The molecular weight excluding hydrogens is 292 g/mol. The summed E-state index contributed by atoms with van der Waals surface area (Å²) in [5.74, 6) is -1.37. The molecule has 0 aliphatic rings. The van der Waals surface area contributed by atoms with Crippen molar-refractivity contribution in [3.05, 3.63) is 52.1 Å². The normalized spacial score (nSPS) is 10.2. The number of benzene rings is 1. The van der Waals surface area contributed by atoms with Crippen molar-refractivity contribution >= 4 is 29.1 Å². The van der Waals surface area contributed by atoms with Crippen LogP contribution in [0, 0.1) is 13.8 Å². The molecular formula is C14H13ClN4O2. The zero-order valence-corrected chi connectivity index (χ0v) is 12.2. The number of nitrogens with zero attached hydrogens (tertiary/aromatic N) is 2. The third-order valence-electron chi connectivity index (χ3n) is 2.84. The highest BCUT2D eigenvalue weighted by atomic mass is 35.5. The number of aromatic nitrogens is 2. The number of hydrogen-bond acceptors (Lipinski definition) is 4. The van der Waals surface area contributed by atoms with Crippen molar-refractivity contribution in [2.75, 3.05) is 5.32 Å². The molecule has 6 nitrogen and oxygen atoms in total. The minimum atomic E-state index is -0.809. The number of carbonyl (C=O) groups excluding carboxylic acids is 2. The van der Waals surface area contributed by atoms with Gasteiger partial charge in [-0.3, -0.25) is 9.59 Å². The zero-order valence-electron chi connectivity index (χ0n) is 11.5. The fourth-order valence-corrected chi connectivity index (χ4v) is 2.00. The summed E-state index contributed by atoms with van der Waals surface area (Å²) in [6.07, 6.45) is 2.62.